The molecule has 0 fully saturated rings. The monoisotopic (exact) mass is 1020 g/mol. The van der Waals surface area contributed by atoms with E-state index in [0.29, 0.717) is 159 Å². The third-order valence-electron chi connectivity index (χ3n) is 6.87. The van der Waals surface area contributed by atoms with Crippen LogP contribution in [0.1, 0.15) is 22.8 Å². The lowest BCUT2D eigenvalue weighted by atomic mass is 10.2. The highest BCUT2D eigenvalue weighted by molar-refractivity contribution is 14.1. The quantitative estimate of drug-likeness (QED) is 0.0409. The molecule has 3 aromatic rings. The van der Waals surface area contributed by atoms with Crippen molar-refractivity contribution in [3.63, 3.8) is 0 Å². The Morgan fingerprint density at radius 1 is 0.351 bits per heavy atom. The van der Waals surface area contributed by atoms with Crippen molar-refractivity contribution in [2.45, 2.75) is 0 Å². The van der Waals surface area contributed by atoms with Crippen molar-refractivity contribution in [3.8, 4) is 40.9 Å². The summed E-state index contributed by atoms with van der Waals surface area (Å²) in [5.41, 5.74) is 1.92. The molecule has 0 radical (unpaired) electrons. The maximum atomic E-state index is 6.02. The zero-order valence-electron chi connectivity index (χ0n) is 32.7. The minimum Gasteiger partial charge on any atom is -0.491 e. The Balaban J connectivity index is 1.66. The molecular weight excluding hydrogens is 968 g/mol. The molecule has 3 rings (SSSR count). The second-order valence-corrected chi connectivity index (χ2v) is 13.5. The van der Waals surface area contributed by atoms with E-state index < -0.39 is 0 Å². The van der Waals surface area contributed by atoms with Crippen LogP contribution in [0.15, 0.2) is 36.4 Å². The van der Waals surface area contributed by atoms with E-state index in [4.69, 9.17) is 56.8 Å². The molecule has 0 bridgehead atoms. The summed E-state index contributed by atoms with van der Waals surface area (Å²) < 4.78 is 67.2. The van der Waals surface area contributed by atoms with Crippen LogP contribution < -0.4 is 14.2 Å². The normalized spacial score (nSPS) is 10.8. The van der Waals surface area contributed by atoms with Crippen LogP contribution >= 0.6 is 45.2 Å². The van der Waals surface area contributed by atoms with Crippen LogP contribution in [0.2, 0.25) is 0 Å². The van der Waals surface area contributed by atoms with E-state index >= 15 is 0 Å². The highest BCUT2D eigenvalue weighted by Gasteiger charge is 2.06. The van der Waals surface area contributed by atoms with E-state index in [0.717, 1.165) is 7.40 Å². The Bertz CT molecular complexity index is 1580. The maximum absolute atomic E-state index is 6.02. The van der Waals surface area contributed by atoms with Gasteiger partial charge >= 0.3 is 0 Å². The molecule has 17 heteroatoms. The molecule has 0 atom stereocenters. The van der Waals surface area contributed by atoms with Crippen molar-refractivity contribution in [2.75, 3.05) is 140 Å². The molecule has 0 aliphatic rings. The molecule has 312 valence electrons. The van der Waals surface area contributed by atoms with Gasteiger partial charge in [0.15, 0.2) is 0 Å². The lowest BCUT2D eigenvalue weighted by Gasteiger charge is -2.09. The lowest BCUT2D eigenvalue weighted by Crippen LogP contribution is -2.12. The summed E-state index contributed by atoms with van der Waals surface area (Å²) in [5.74, 6) is 14.2. The summed E-state index contributed by atoms with van der Waals surface area (Å²) in [6.45, 7) is 8.26. The molecule has 0 aliphatic heterocycles. The first kappa shape index (κ1) is 48.4. The van der Waals surface area contributed by atoms with E-state index in [1.54, 1.807) is 45.6 Å². The molecule has 0 aliphatic carbocycles. The van der Waals surface area contributed by atoms with Gasteiger partial charge in [0, 0.05) is 57.7 Å². The summed E-state index contributed by atoms with van der Waals surface area (Å²) >= 11 is 4.26. The van der Waals surface area contributed by atoms with Crippen LogP contribution in [0.4, 0.5) is 0 Å². The molecule has 3 heterocycles. The van der Waals surface area contributed by atoms with Crippen molar-refractivity contribution in [1.82, 2.24) is 15.0 Å². The Kier molecular flexibility index (Phi) is 27.2. The Morgan fingerprint density at radius 2 is 0.596 bits per heavy atom. The van der Waals surface area contributed by atoms with Gasteiger partial charge in [-0.25, -0.2) is 15.0 Å². The van der Waals surface area contributed by atoms with Crippen LogP contribution in [0, 0.1) is 31.1 Å². The fourth-order valence-electron chi connectivity index (χ4n) is 4.26. The molecule has 0 saturated heterocycles. The number of hydrogen-bond acceptors (Lipinski definition) is 15. The Morgan fingerprint density at radius 3 is 0.895 bits per heavy atom. The smallest absolute Gasteiger partial charge is 0.125 e. The third-order valence-corrected chi connectivity index (χ3v) is 7.98. The van der Waals surface area contributed by atoms with E-state index in [-0.39, 0.29) is 0 Å². The SMILES string of the molecule is COCCOCCOCCOc1cc(I)nc(C#Cc2cc(OCCOCCOCCOC)cc(C#Cc3cc(OCCOCCOCCOC)cc(I)n3)n2)c1. The third kappa shape index (κ3) is 23.9. The number of halogens is 2. The Labute approximate surface area is 362 Å². The van der Waals surface area contributed by atoms with Gasteiger partial charge in [0.05, 0.1) is 99.1 Å². The van der Waals surface area contributed by atoms with Crippen LogP contribution in [0.3, 0.4) is 0 Å². The van der Waals surface area contributed by atoms with E-state index in [1.165, 1.54) is 0 Å². The fraction of sp³-hybridized carbons (Fsp3) is 0.525. The molecule has 0 N–H and O–H groups in total. The highest BCUT2D eigenvalue weighted by Crippen LogP contribution is 2.18. The number of nitrogens with zero attached hydrogens (tertiary/aromatic N) is 3. The highest BCUT2D eigenvalue weighted by atomic mass is 127. The van der Waals surface area contributed by atoms with Gasteiger partial charge in [-0.2, -0.15) is 0 Å². The number of ether oxygens (including phenoxy) is 12. The second-order valence-electron chi connectivity index (χ2n) is 11.3. The molecule has 15 nitrogen and oxygen atoms in total. The number of pyridine rings is 3. The number of aromatic nitrogens is 3. The predicted molar refractivity (Wildman–Crippen MR) is 227 cm³/mol. The minimum atomic E-state index is 0.301. The topological polar surface area (TPSA) is 149 Å². The van der Waals surface area contributed by atoms with Crippen LogP contribution in [-0.2, 0) is 42.6 Å². The average molecular weight is 1020 g/mol. The van der Waals surface area contributed by atoms with Gasteiger partial charge in [0.2, 0.25) is 0 Å². The van der Waals surface area contributed by atoms with Crippen molar-refractivity contribution in [3.05, 3.63) is 66.6 Å². The largest absolute Gasteiger partial charge is 0.491 e. The molecule has 0 saturated carbocycles. The average Bonchev–Trinajstić information content (AvgIpc) is 3.20. The van der Waals surface area contributed by atoms with E-state index in [2.05, 4.69) is 83.8 Å². The first-order valence-electron chi connectivity index (χ1n) is 18.2. The summed E-state index contributed by atoms with van der Waals surface area (Å²) in [7, 11) is 4.90. The maximum Gasteiger partial charge on any atom is 0.125 e. The summed E-state index contributed by atoms with van der Waals surface area (Å²) in [6, 6.07) is 10.7. The van der Waals surface area contributed by atoms with Gasteiger partial charge in [0.25, 0.3) is 0 Å². The molecule has 0 amide bonds. The standard InChI is InChI=1S/C40H51I2N3O12/c1-46-8-11-49-14-17-52-20-23-55-36-26-32(4-6-34-28-37(30-39(41)44-34)56-24-21-53-18-15-50-12-9-47-2)43-33(27-36)5-7-35-29-38(31-40(42)45-35)57-25-22-54-19-16-51-13-10-48-3/h26-31H,8-25H2,1-3H3. The van der Waals surface area contributed by atoms with Gasteiger partial charge in [0.1, 0.15) is 67.2 Å². The van der Waals surface area contributed by atoms with Gasteiger partial charge in [-0.3, -0.25) is 0 Å². The van der Waals surface area contributed by atoms with Crippen LogP contribution in [0.5, 0.6) is 17.2 Å². The van der Waals surface area contributed by atoms with Crippen LogP contribution in [-0.4, -0.2) is 155 Å². The number of methoxy groups -OCH3 is 3. The zero-order valence-corrected chi connectivity index (χ0v) is 37.0. The summed E-state index contributed by atoms with van der Waals surface area (Å²) in [4.78, 5) is 13.8. The van der Waals surface area contributed by atoms with Crippen molar-refractivity contribution in [2.24, 2.45) is 0 Å². The molecule has 57 heavy (non-hydrogen) atoms. The van der Waals surface area contributed by atoms with E-state index in [1.807, 2.05) is 12.1 Å². The summed E-state index contributed by atoms with van der Waals surface area (Å²) in [5, 5.41) is 0. The molecule has 0 spiro atoms. The zero-order chi connectivity index (χ0) is 40.6. The Hall–Kier alpha value is -2.93. The van der Waals surface area contributed by atoms with Crippen molar-refractivity contribution < 1.29 is 56.8 Å². The lowest BCUT2D eigenvalue weighted by molar-refractivity contribution is 0.0179. The molecule has 3 aromatic heterocycles. The first-order chi connectivity index (χ1) is 28.0. The van der Waals surface area contributed by atoms with E-state index in [9.17, 15) is 0 Å². The fourth-order valence-corrected chi connectivity index (χ4v) is 5.40. The second kappa shape index (κ2) is 32.0. The van der Waals surface area contributed by atoms with Crippen molar-refractivity contribution in [1.29, 1.82) is 0 Å². The molecule has 0 unspecified atom stereocenters. The van der Waals surface area contributed by atoms with Crippen LogP contribution in [0.25, 0.3) is 0 Å². The van der Waals surface area contributed by atoms with Gasteiger partial charge < -0.3 is 56.8 Å². The minimum absolute atomic E-state index is 0.301. The van der Waals surface area contributed by atoms with Gasteiger partial charge in [-0.1, -0.05) is 0 Å². The van der Waals surface area contributed by atoms with Gasteiger partial charge in [-0.15, -0.1) is 0 Å². The summed E-state index contributed by atoms with van der Waals surface area (Å²) in [6.07, 6.45) is 0. The molecular formula is C40H51I2N3O12. The number of hydrogen-bond donors (Lipinski definition) is 0. The predicted octanol–water partition coefficient (Wildman–Crippen LogP) is 4.06. The number of rotatable bonds is 30. The van der Waals surface area contributed by atoms with Crippen molar-refractivity contribution >= 4 is 45.2 Å². The van der Waals surface area contributed by atoms with Gasteiger partial charge in [-0.05, 0) is 68.9 Å². The molecule has 0 aromatic carbocycles. The first-order valence-corrected chi connectivity index (χ1v) is 20.4.